The quantitative estimate of drug-likeness (QED) is 0.398. The Morgan fingerprint density at radius 3 is 2.48 bits per heavy atom. The fourth-order valence-electron chi connectivity index (χ4n) is 2.06. The number of hydrogen-bond donors (Lipinski definition) is 0. The first-order valence-corrected chi connectivity index (χ1v) is 8.94. The van der Waals surface area contributed by atoms with Gasteiger partial charge in [-0.15, -0.1) is 0 Å². The second kappa shape index (κ2) is 6.91. The van der Waals surface area contributed by atoms with Crippen LogP contribution >= 0.6 is 15.9 Å². The van der Waals surface area contributed by atoms with Gasteiger partial charge in [-0.1, -0.05) is 15.9 Å². The molecule has 0 spiro atoms. The van der Waals surface area contributed by atoms with E-state index in [9.17, 15) is 26.5 Å². The van der Waals surface area contributed by atoms with Crippen LogP contribution in [0.15, 0.2) is 5.16 Å². The largest absolute Gasteiger partial charge is 0.610 e. The molecule has 0 N–H and O–H groups in total. The van der Waals surface area contributed by atoms with Gasteiger partial charge in [-0.3, -0.25) is 0 Å². The van der Waals surface area contributed by atoms with E-state index in [0.717, 1.165) is 7.05 Å². The van der Waals surface area contributed by atoms with E-state index in [1.54, 1.807) is 13.8 Å². The highest BCUT2D eigenvalue weighted by Gasteiger charge is 2.48. The fraction of sp³-hybridized carbons (Fsp3) is 0.667. The molecule has 0 radical (unpaired) electrons. The Morgan fingerprint density at radius 1 is 1.44 bits per heavy atom. The summed E-state index contributed by atoms with van der Waals surface area (Å²) in [6.45, 7) is -0.0912. The minimum Gasteiger partial charge on any atom is -0.610 e. The Balaban J connectivity index is 2.37. The second-order valence-electron chi connectivity index (χ2n) is 5.61. The molecule has 0 aliphatic carbocycles. The number of aromatic nitrogens is 2. The van der Waals surface area contributed by atoms with E-state index in [4.69, 9.17) is 4.84 Å². The molecule has 0 saturated carbocycles. The third-order valence-electron chi connectivity index (χ3n) is 3.26. The van der Waals surface area contributed by atoms with Gasteiger partial charge in [0.2, 0.25) is 5.88 Å². The van der Waals surface area contributed by atoms with Gasteiger partial charge in [-0.05, 0) is 19.0 Å². The predicted molar refractivity (Wildman–Crippen MR) is 82.0 cm³/mol. The van der Waals surface area contributed by atoms with Gasteiger partial charge in [0, 0.05) is 18.2 Å². The van der Waals surface area contributed by atoms with Crippen molar-refractivity contribution in [3.63, 3.8) is 0 Å². The summed E-state index contributed by atoms with van der Waals surface area (Å²) in [5, 5.41) is 6.77. The van der Waals surface area contributed by atoms with Crippen molar-refractivity contribution >= 4 is 32.1 Å². The van der Waals surface area contributed by atoms with E-state index < -0.39 is 57.3 Å². The SMILES string of the molecule is Cn1nc(C(F)(F)F)c(C[S+]([O-])C2=NOC(C)(C)C2Br)c1OC(F)F. The van der Waals surface area contributed by atoms with Crippen LogP contribution in [0.2, 0.25) is 0 Å². The third kappa shape index (κ3) is 4.19. The van der Waals surface area contributed by atoms with Crippen LogP contribution in [0.1, 0.15) is 25.1 Å². The molecule has 0 bridgehead atoms. The van der Waals surface area contributed by atoms with Gasteiger partial charge in [0.15, 0.2) is 11.3 Å². The molecule has 1 aliphatic rings. The maximum absolute atomic E-state index is 13.1. The second-order valence-corrected chi connectivity index (χ2v) is 7.92. The molecule has 0 aromatic carbocycles. The maximum atomic E-state index is 13.1. The van der Waals surface area contributed by atoms with E-state index in [0.29, 0.717) is 4.68 Å². The topological polar surface area (TPSA) is 71.7 Å². The van der Waals surface area contributed by atoms with E-state index in [2.05, 4.69) is 30.9 Å². The van der Waals surface area contributed by atoms with Crippen molar-refractivity contribution < 1.29 is 36.1 Å². The van der Waals surface area contributed by atoms with Crippen LogP contribution in [0, 0.1) is 0 Å². The van der Waals surface area contributed by atoms with Crippen LogP contribution in [0.3, 0.4) is 0 Å². The van der Waals surface area contributed by atoms with Gasteiger partial charge in [0.05, 0.1) is 5.56 Å². The molecule has 2 heterocycles. The number of oxime groups is 1. The highest BCUT2D eigenvalue weighted by molar-refractivity contribution is 9.10. The standard InChI is InChI=1S/C12H13BrF5N3O3S/c1-11(2)6(13)8(20-24-11)25(22)4-5-7(12(16,17)18)19-21(3)9(5)23-10(14)15/h6,10H,4H2,1-3H3. The van der Waals surface area contributed by atoms with E-state index in [1.165, 1.54) is 0 Å². The average molecular weight is 454 g/mol. The lowest BCUT2D eigenvalue weighted by molar-refractivity contribution is -0.142. The third-order valence-corrected chi connectivity index (χ3v) is 6.43. The lowest BCUT2D eigenvalue weighted by Crippen LogP contribution is -2.36. The first kappa shape index (κ1) is 20.2. The minimum absolute atomic E-state index is 0.0371. The summed E-state index contributed by atoms with van der Waals surface area (Å²) in [5.41, 5.74) is -3.03. The average Bonchev–Trinajstić information content (AvgIpc) is 2.89. The molecule has 0 fully saturated rings. The molecule has 1 aromatic rings. The highest BCUT2D eigenvalue weighted by Crippen LogP contribution is 2.38. The van der Waals surface area contributed by atoms with Crippen LogP contribution in [0.25, 0.3) is 0 Å². The fourth-order valence-corrected chi connectivity index (χ4v) is 4.15. The Hall–Kier alpha value is -1.08. The van der Waals surface area contributed by atoms with E-state index in [1.807, 2.05) is 0 Å². The van der Waals surface area contributed by atoms with Crippen LogP contribution in [-0.4, -0.2) is 36.4 Å². The monoisotopic (exact) mass is 453 g/mol. The van der Waals surface area contributed by atoms with Gasteiger partial charge in [-0.25, -0.2) is 4.68 Å². The first-order valence-electron chi connectivity index (χ1n) is 6.71. The molecule has 13 heteroatoms. The van der Waals surface area contributed by atoms with Gasteiger partial charge in [0.25, 0.3) is 5.04 Å². The number of nitrogens with zero attached hydrogens (tertiary/aromatic N) is 3. The zero-order valence-corrected chi connectivity index (χ0v) is 15.5. The zero-order chi connectivity index (χ0) is 19.2. The molecule has 2 atom stereocenters. The van der Waals surface area contributed by atoms with Crippen molar-refractivity contribution in [2.24, 2.45) is 12.2 Å². The van der Waals surface area contributed by atoms with Crippen molar-refractivity contribution in [2.45, 2.75) is 42.8 Å². The number of rotatable bonds is 4. The number of aryl methyl sites for hydroxylation is 1. The summed E-state index contributed by atoms with van der Waals surface area (Å²) in [6.07, 6.45) is -4.93. The normalized spacial score (nSPS) is 21.2. The van der Waals surface area contributed by atoms with Gasteiger partial charge >= 0.3 is 12.8 Å². The predicted octanol–water partition coefficient (Wildman–Crippen LogP) is 3.17. The zero-order valence-electron chi connectivity index (χ0n) is 13.1. The summed E-state index contributed by atoms with van der Waals surface area (Å²) in [4.78, 5) is 4.46. The van der Waals surface area contributed by atoms with Gasteiger partial charge in [0.1, 0.15) is 10.6 Å². The minimum atomic E-state index is -4.93. The molecule has 1 aliphatic heterocycles. The van der Waals surface area contributed by atoms with Crippen molar-refractivity contribution in [2.75, 3.05) is 0 Å². The Labute approximate surface area is 150 Å². The van der Waals surface area contributed by atoms with Crippen molar-refractivity contribution in [3.8, 4) is 5.88 Å². The smallest absolute Gasteiger partial charge is 0.435 e. The number of alkyl halides is 6. The lowest BCUT2D eigenvalue weighted by atomic mass is 10.1. The van der Waals surface area contributed by atoms with Crippen LogP contribution in [0.5, 0.6) is 5.88 Å². The molecule has 1 aromatic heterocycles. The maximum Gasteiger partial charge on any atom is 0.435 e. The van der Waals surface area contributed by atoms with Gasteiger partial charge in [-0.2, -0.15) is 27.1 Å². The number of hydrogen-bond acceptors (Lipinski definition) is 5. The van der Waals surface area contributed by atoms with Crippen LogP contribution in [-0.2, 0) is 35.0 Å². The van der Waals surface area contributed by atoms with Crippen molar-refractivity contribution in [3.05, 3.63) is 11.3 Å². The van der Waals surface area contributed by atoms with E-state index in [-0.39, 0.29) is 5.04 Å². The molecule has 142 valence electrons. The van der Waals surface area contributed by atoms with Crippen LogP contribution < -0.4 is 4.74 Å². The summed E-state index contributed by atoms with van der Waals surface area (Å²) < 4.78 is 81.5. The first-order chi connectivity index (χ1) is 11.3. The Bertz CT molecular complexity index is 680. The molecular weight excluding hydrogens is 441 g/mol. The molecule has 25 heavy (non-hydrogen) atoms. The van der Waals surface area contributed by atoms with Gasteiger partial charge < -0.3 is 14.1 Å². The molecular formula is C12H13BrF5N3O3S. The summed E-state index contributed by atoms with van der Waals surface area (Å²) in [5.74, 6) is -1.56. The Morgan fingerprint density at radius 2 is 2.04 bits per heavy atom. The molecule has 2 rings (SSSR count). The van der Waals surface area contributed by atoms with Crippen molar-refractivity contribution in [1.29, 1.82) is 0 Å². The molecule has 0 saturated heterocycles. The number of ether oxygens (including phenoxy) is 1. The van der Waals surface area contributed by atoms with E-state index >= 15 is 0 Å². The molecule has 0 amide bonds. The summed E-state index contributed by atoms with van der Waals surface area (Å²) in [7, 11) is 1.02. The number of halogens is 6. The van der Waals surface area contributed by atoms with Crippen molar-refractivity contribution in [1.82, 2.24) is 9.78 Å². The molecule has 6 nitrogen and oxygen atoms in total. The van der Waals surface area contributed by atoms with Crippen LogP contribution in [0.4, 0.5) is 22.0 Å². The molecule has 2 unspecified atom stereocenters. The summed E-state index contributed by atoms with van der Waals surface area (Å²) >= 11 is 1.14. The lowest BCUT2D eigenvalue weighted by Gasteiger charge is -2.20. The Kier molecular flexibility index (Phi) is 5.59. The summed E-state index contributed by atoms with van der Waals surface area (Å²) in [6, 6.07) is 0. The highest BCUT2D eigenvalue weighted by atomic mass is 79.9.